The zero-order valence-corrected chi connectivity index (χ0v) is 9.67. The molecule has 1 aromatic carbocycles. The second-order valence-corrected chi connectivity index (χ2v) is 3.53. The average molecular weight is 209 g/mol. The predicted octanol–water partition coefficient (Wildman–Crippen LogP) is 1.65. The maximum atomic E-state index is 5.60. The van der Waals surface area contributed by atoms with Crippen LogP contribution in [0.4, 0.5) is 0 Å². The van der Waals surface area contributed by atoms with E-state index < -0.39 is 0 Å². The molecule has 3 heteroatoms. The van der Waals surface area contributed by atoms with Crippen LogP contribution in [0.3, 0.4) is 0 Å². The Kier molecular flexibility index (Phi) is 4.59. The van der Waals surface area contributed by atoms with Crippen molar-refractivity contribution in [3.63, 3.8) is 0 Å². The summed E-state index contributed by atoms with van der Waals surface area (Å²) < 4.78 is 10.6. The van der Waals surface area contributed by atoms with Crippen molar-refractivity contribution in [2.75, 3.05) is 20.8 Å². The minimum atomic E-state index is 0.603. The Morgan fingerprint density at radius 1 is 1.27 bits per heavy atom. The van der Waals surface area contributed by atoms with Crippen molar-refractivity contribution in [3.05, 3.63) is 28.8 Å². The molecular weight excluding hydrogens is 190 g/mol. The van der Waals surface area contributed by atoms with Gasteiger partial charge in [-0.3, -0.25) is 0 Å². The third-order valence-corrected chi connectivity index (χ3v) is 2.45. The number of aryl methyl sites for hydroxylation is 1. The van der Waals surface area contributed by atoms with Crippen LogP contribution in [0, 0.1) is 6.92 Å². The van der Waals surface area contributed by atoms with Crippen molar-refractivity contribution in [2.24, 2.45) is 5.73 Å². The van der Waals surface area contributed by atoms with Gasteiger partial charge < -0.3 is 15.2 Å². The normalized spacial score (nSPS) is 10.4. The summed E-state index contributed by atoms with van der Waals surface area (Å²) in [5, 5.41) is 0. The molecule has 84 valence electrons. The van der Waals surface area contributed by atoms with Gasteiger partial charge in [-0.1, -0.05) is 12.1 Å². The molecule has 0 unspecified atom stereocenters. The molecule has 0 heterocycles. The van der Waals surface area contributed by atoms with E-state index in [1.54, 1.807) is 14.2 Å². The Morgan fingerprint density at radius 2 is 2.00 bits per heavy atom. The predicted molar refractivity (Wildman–Crippen MR) is 61.2 cm³/mol. The van der Waals surface area contributed by atoms with E-state index in [9.17, 15) is 0 Å². The lowest BCUT2D eigenvalue weighted by Crippen LogP contribution is -2.08. The van der Waals surface area contributed by atoms with E-state index in [1.807, 2.05) is 13.0 Å². The Bertz CT molecular complexity index is 324. The molecule has 0 aliphatic rings. The first kappa shape index (κ1) is 12.0. The number of nitrogens with two attached hydrogens (primary N) is 1. The molecule has 1 rings (SSSR count). The number of ether oxygens (including phenoxy) is 2. The maximum absolute atomic E-state index is 5.60. The van der Waals surface area contributed by atoms with E-state index in [1.165, 1.54) is 5.56 Å². The van der Waals surface area contributed by atoms with Gasteiger partial charge in [0.05, 0.1) is 13.7 Å². The SMILES string of the molecule is COCc1ccc(C)c(OC)c1CCN. The van der Waals surface area contributed by atoms with Crippen LogP contribution in [0.15, 0.2) is 12.1 Å². The van der Waals surface area contributed by atoms with Crippen LogP contribution in [0.2, 0.25) is 0 Å². The van der Waals surface area contributed by atoms with Crippen molar-refractivity contribution in [1.29, 1.82) is 0 Å². The molecule has 0 saturated heterocycles. The molecule has 1 aromatic rings. The summed E-state index contributed by atoms with van der Waals surface area (Å²) in [5.74, 6) is 0.940. The Balaban J connectivity index is 3.15. The number of benzene rings is 1. The van der Waals surface area contributed by atoms with E-state index in [4.69, 9.17) is 15.2 Å². The van der Waals surface area contributed by atoms with Gasteiger partial charge in [-0.05, 0) is 31.0 Å². The van der Waals surface area contributed by atoms with Gasteiger partial charge in [-0.25, -0.2) is 0 Å². The maximum Gasteiger partial charge on any atom is 0.125 e. The molecule has 0 aromatic heterocycles. The van der Waals surface area contributed by atoms with Crippen LogP contribution in [0.1, 0.15) is 16.7 Å². The molecule has 0 bridgehead atoms. The second-order valence-electron chi connectivity index (χ2n) is 3.53. The molecule has 0 spiro atoms. The lowest BCUT2D eigenvalue weighted by Gasteiger charge is -2.15. The Morgan fingerprint density at radius 3 is 2.53 bits per heavy atom. The van der Waals surface area contributed by atoms with E-state index in [0.717, 1.165) is 23.3 Å². The van der Waals surface area contributed by atoms with E-state index >= 15 is 0 Å². The highest BCUT2D eigenvalue weighted by Crippen LogP contribution is 2.27. The summed E-state index contributed by atoms with van der Waals surface area (Å²) in [6.45, 7) is 3.26. The van der Waals surface area contributed by atoms with Gasteiger partial charge in [-0.2, -0.15) is 0 Å². The molecule has 0 aliphatic heterocycles. The molecule has 0 amide bonds. The third-order valence-electron chi connectivity index (χ3n) is 2.45. The number of methoxy groups -OCH3 is 2. The van der Waals surface area contributed by atoms with Crippen LogP contribution in [0.25, 0.3) is 0 Å². The smallest absolute Gasteiger partial charge is 0.125 e. The Labute approximate surface area is 91.2 Å². The summed E-state index contributed by atoms with van der Waals surface area (Å²) in [6, 6.07) is 4.12. The number of rotatable bonds is 5. The molecule has 0 aliphatic carbocycles. The summed E-state index contributed by atoms with van der Waals surface area (Å²) in [7, 11) is 3.39. The van der Waals surface area contributed by atoms with E-state index in [2.05, 4.69) is 6.07 Å². The zero-order chi connectivity index (χ0) is 11.3. The van der Waals surface area contributed by atoms with Crippen molar-refractivity contribution in [1.82, 2.24) is 0 Å². The lowest BCUT2D eigenvalue weighted by molar-refractivity contribution is 0.183. The van der Waals surface area contributed by atoms with Crippen molar-refractivity contribution < 1.29 is 9.47 Å². The molecule has 2 N–H and O–H groups in total. The topological polar surface area (TPSA) is 44.5 Å². The number of hydrogen-bond donors (Lipinski definition) is 1. The molecule has 0 saturated carbocycles. The van der Waals surface area contributed by atoms with Crippen molar-refractivity contribution >= 4 is 0 Å². The van der Waals surface area contributed by atoms with E-state index in [-0.39, 0.29) is 0 Å². The van der Waals surface area contributed by atoms with Crippen LogP contribution < -0.4 is 10.5 Å². The van der Waals surface area contributed by atoms with Gasteiger partial charge in [0.15, 0.2) is 0 Å². The van der Waals surface area contributed by atoms with Crippen molar-refractivity contribution in [3.8, 4) is 5.75 Å². The van der Waals surface area contributed by atoms with Crippen molar-refractivity contribution in [2.45, 2.75) is 20.0 Å². The second kappa shape index (κ2) is 5.73. The highest BCUT2D eigenvalue weighted by atomic mass is 16.5. The highest BCUT2D eigenvalue weighted by molar-refractivity contribution is 5.46. The van der Waals surface area contributed by atoms with Crippen LogP contribution >= 0.6 is 0 Å². The van der Waals surface area contributed by atoms with Gasteiger partial charge in [-0.15, -0.1) is 0 Å². The fourth-order valence-electron chi connectivity index (χ4n) is 1.78. The molecule has 0 atom stereocenters. The van der Waals surface area contributed by atoms with Crippen LogP contribution in [0.5, 0.6) is 5.75 Å². The van der Waals surface area contributed by atoms with Gasteiger partial charge in [0.2, 0.25) is 0 Å². The lowest BCUT2D eigenvalue weighted by atomic mass is 10.0. The van der Waals surface area contributed by atoms with Gasteiger partial charge >= 0.3 is 0 Å². The fourth-order valence-corrected chi connectivity index (χ4v) is 1.78. The monoisotopic (exact) mass is 209 g/mol. The molecule has 0 fully saturated rings. The highest BCUT2D eigenvalue weighted by Gasteiger charge is 2.10. The van der Waals surface area contributed by atoms with Crippen LogP contribution in [-0.2, 0) is 17.8 Å². The summed E-state index contributed by atoms with van der Waals surface area (Å²) in [5.41, 5.74) is 9.07. The number of hydrogen-bond acceptors (Lipinski definition) is 3. The largest absolute Gasteiger partial charge is 0.496 e. The summed E-state index contributed by atoms with van der Waals surface area (Å²) >= 11 is 0. The first-order valence-corrected chi connectivity index (χ1v) is 5.09. The average Bonchev–Trinajstić information content (AvgIpc) is 2.23. The van der Waals surface area contributed by atoms with Gasteiger partial charge in [0, 0.05) is 12.7 Å². The van der Waals surface area contributed by atoms with Gasteiger partial charge in [0.1, 0.15) is 5.75 Å². The molecular formula is C12H19NO2. The van der Waals surface area contributed by atoms with Crippen LogP contribution in [-0.4, -0.2) is 20.8 Å². The zero-order valence-electron chi connectivity index (χ0n) is 9.67. The van der Waals surface area contributed by atoms with Gasteiger partial charge in [0.25, 0.3) is 0 Å². The molecule has 3 nitrogen and oxygen atoms in total. The molecule has 0 radical (unpaired) electrons. The standard InChI is InChI=1S/C12H19NO2/c1-9-4-5-10(8-14-2)11(6-7-13)12(9)15-3/h4-5H,6-8,13H2,1-3H3. The Hall–Kier alpha value is -1.06. The third kappa shape index (κ3) is 2.70. The first-order chi connectivity index (χ1) is 7.24. The first-order valence-electron chi connectivity index (χ1n) is 5.09. The summed E-state index contributed by atoms with van der Waals surface area (Å²) in [6.07, 6.45) is 0.823. The minimum absolute atomic E-state index is 0.603. The fraction of sp³-hybridized carbons (Fsp3) is 0.500. The molecule has 15 heavy (non-hydrogen) atoms. The summed E-state index contributed by atoms with van der Waals surface area (Å²) in [4.78, 5) is 0. The minimum Gasteiger partial charge on any atom is -0.496 e. The van der Waals surface area contributed by atoms with E-state index in [0.29, 0.717) is 13.2 Å². The quantitative estimate of drug-likeness (QED) is 0.802.